The van der Waals surface area contributed by atoms with E-state index in [-0.39, 0.29) is 121 Å². The van der Waals surface area contributed by atoms with Crippen molar-refractivity contribution in [1.82, 2.24) is 4.90 Å². The molecule has 0 saturated carbocycles. The molecular formula is C66H63EuNO8. The minimum Gasteiger partial charge on any atom is -0.304 e. The molecule has 9 nitrogen and oxygen atoms in total. The van der Waals surface area contributed by atoms with Gasteiger partial charge in [-0.15, -0.1) is 0 Å². The number of nitrogens with zero attached hydrogens (tertiary/aromatic N) is 1. The largest absolute Gasteiger partial charge is 0.304 e. The van der Waals surface area contributed by atoms with E-state index in [4.69, 9.17) is 0 Å². The van der Waals surface area contributed by atoms with E-state index >= 15 is 0 Å². The summed E-state index contributed by atoms with van der Waals surface area (Å²) >= 11 is 0. The molecule has 0 amide bonds. The predicted molar refractivity (Wildman–Crippen MR) is 298 cm³/mol. The molecule has 0 fully saturated rings. The summed E-state index contributed by atoms with van der Waals surface area (Å²) in [6, 6.07) is 71.0. The van der Waals surface area contributed by atoms with E-state index in [1.54, 1.807) is 194 Å². The molecule has 0 spiro atoms. The summed E-state index contributed by atoms with van der Waals surface area (Å²) in [6.45, 7) is 10.1. The minimum absolute atomic E-state index is 0. The van der Waals surface area contributed by atoms with Gasteiger partial charge in [-0.1, -0.05) is 263 Å². The van der Waals surface area contributed by atoms with Crippen molar-refractivity contribution in [2.45, 2.75) is 46.5 Å². The molecule has 0 aliphatic carbocycles. The van der Waals surface area contributed by atoms with Crippen LogP contribution in [0.3, 0.4) is 0 Å². The van der Waals surface area contributed by atoms with Gasteiger partial charge in [0.15, 0.2) is 46.3 Å². The Labute approximate surface area is 488 Å². The van der Waals surface area contributed by atoms with Gasteiger partial charge >= 0.3 is 0 Å². The second-order valence-electron chi connectivity index (χ2n) is 16.6. The third-order valence-corrected chi connectivity index (χ3v) is 11.4. The zero-order valence-corrected chi connectivity index (χ0v) is 45.6. The molecule has 76 heavy (non-hydrogen) atoms. The van der Waals surface area contributed by atoms with E-state index in [2.05, 4.69) is 25.7 Å². The van der Waals surface area contributed by atoms with Gasteiger partial charge in [0, 0.05) is 93.9 Å². The first-order chi connectivity index (χ1) is 36.4. The number of ketones is 8. The molecule has 0 heterocycles. The second-order valence-corrected chi connectivity index (χ2v) is 16.6. The molecule has 0 saturated heterocycles. The molecular weight excluding hydrogens is 1090 g/mol. The van der Waals surface area contributed by atoms with Gasteiger partial charge in [0.2, 0.25) is 0 Å². The first kappa shape index (κ1) is 63.0. The average Bonchev–Trinajstić information content (AvgIpc) is 3.48. The monoisotopic (exact) mass is 1150 g/mol. The van der Waals surface area contributed by atoms with Crippen LogP contribution in [0.1, 0.15) is 129 Å². The SMILES string of the molecule is CCN(CC)CC.O=C(CC(=O)c1ccccc1)c1ccccc1.O=C(CC(=O)c1ccccc1)c1ccccc1.O=C(CC(=O)c1ccccc1)c1ccccc1.O=C(CC(=O)c1ccccc1)c1ccccc1.[Eu]. The number of benzene rings is 8. The Hall–Kier alpha value is -7.34. The van der Waals surface area contributed by atoms with Crippen LogP contribution >= 0.6 is 0 Å². The normalized spacial score (nSPS) is 9.79. The maximum absolute atomic E-state index is 11.8. The number of carbonyl (C=O) groups is 8. The Balaban J connectivity index is 0.000000255. The van der Waals surface area contributed by atoms with Crippen LogP contribution in [0.2, 0.25) is 0 Å². The maximum atomic E-state index is 11.8. The number of Topliss-reactive ketones (excluding diaryl/α,β-unsaturated/α-hetero) is 8. The maximum Gasteiger partial charge on any atom is 0.170 e. The molecule has 0 N–H and O–H groups in total. The first-order valence-corrected chi connectivity index (χ1v) is 24.8. The van der Waals surface area contributed by atoms with Gasteiger partial charge in [0.1, 0.15) is 0 Å². The molecule has 8 aromatic carbocycles. The van der Waals surface area contributed by atoms with Crippen molar-refractivity contribution in [3.05, 3.63) is 287 Å². The minimum atomic E-state index is -0.139. The molecule has 10 heteroatoms. The van der Waals surface area contributed by atoms with Crippen molar-refractivity contribution in [3.63, 3.8) is 0 Å². The summed E-state index contributed by atoms with van der Waals surface area (Å²) in [5, 5.41) is 0. The quantitative estimate of drug-likeness (QED) is 0.0572. The molecule has 0 aliphatic rings. The second kappa shape index (κ2) is 36.6. The third kappa shape index (κ3) is 23.5. The summed E-state index contributed by atoms with van der Waals surface area (Å²) in [5.41, 5.74) is 4.64. The van der Waals surface area contributed by atoms with Crippen molar-refractivity contribution >= 4 is 46.3 Å². The Bertz CT molecular complexity index is 2380. The fourth-order valence-electron chi connectivity index (χ4n) is 7.06. The Morgan fingerprint density at radius 2 is 0.329 bits per heavy atom. The molecule has 0 atom stereocenters. The van der Waals surface area contributed by atoms with Crippen LogP contribution in [0.25, 0.3) is 0 Å². The molecule has 1 radical (unpaired) electrons. The van der Waals surface area contributed by atoms with Gasteiger partial charge in [-0.25, -0.2) is 0 Å². The van der Waals surface area contributed by atoms with E-state index < -0.39 is 0 Å². The molecule has 8 rings (SSSR count). The Kier molecular flexibility index (Phi) is 30.3. The summed E-state index contributed by atoms with van der Waals surface area (Å²) in [6.07, 6.45) is -0.301. The van der Waals surface area contributed by atoms with Gasteiger partial charge in [-0.05, 0) is 19.6 Å². The fourth-order valence-corrected chi connectivity index (χ4v) is 7.06. The molecule has 0 aromatic heterocycles. The molecule has 387 valence electrons. The molecule has 8 aromatic rings. The van der Waals surface area contributed by atoms with Crippen LogP contribution in [-0.2, 0) is 0 Å². The van der Waals surface area contributed by atoms with Crippen molar-refractivity contribution in [2.75, 3.05) is 19.6 Å². The molecule has 0 unspecified atom stereocenters. The van der Waals surface area contributed by atoms with Crippen LogP contribution < -0.4 is 0 Å². The number of hydrogen-bond acceptors (Lipinski definition) is 9. The standard InChI is InChI=1S/4C15H12O2.C6H15N.Eu/c4*16-14(12-7-3-1-4-8-12)11-15(17)13-9-5-2-6-10-13;1-4-7(5-2)6-3;/h4*1-10H,11H2;4-6H2,1-3H3;. The average molecular weight is 1150 g/mol. The van der Waals surface area contributed by atoms with Crippen LogP contribution in [0.4, 0.5) is 0 Å². The molecule has 0 aliphatic heterocycles. The van der Waals surface area contributed by atoms with E-state index in [0.29, 0.717) is 44.5 Å². The van der Waals surface area contributed by atoms with Crippen molar-refractivity contribution in [3.8, 4) is 0 Å². The smallest absolute Gasteiger partial charge is 0.170 e. The van der Waals surface area contributed by atoms with E-state index in [1.165, 1.54) is 19.6 Å². The van der Waals surface area contributed by atoms with Crippen molar-refractivity contribution < 1.29 is 87.7 Å². The number of carbonyl (C=O) groups excluding carboxylic acids is 8. The van der Waals surface area contributed by atoms with Gasteiger partial charge in [0.25, 0.3) is 0 Å². The summed E-state index contributed by atoms with van der Waals surface area (Å²) in [5.74, 6) is -1.12. The van der Waals surface area contributed by atoms with Gasteiger partial charge < -0.3 is 4.90 Å². The first-order valence-electron chi connectivity index (χ1n) is 24.8. The van der Waals surface area contributed by atoms with Crippen LogP contribution in [0, 0.1) is 49.4 Å². The topological polar surface area (TPSA) is 140 Å². The van der Waals surface area contributed by atoms with E-state index in [0.717, 1.165) is 0 Å². The van der Waals surface area contributed by atoms with Gasteiger partial charge in [-0.2, -0.15) is 0 Å². The summed E-state index contributed by atoms with van der Waals surface area (Å²) < 4.78 is 0. The van der Waals surface area contributed by atoms with Crippen molar-refractivity contribution in [2.24, 2.45) is 0 Å². The summed E-state index contributed by atoms with van der Waals surface area (Å²) in [4.78, 5) is 96.8. The predicted octanol–water partition coefficient (Wildman–Crippen LogP) is 13.9. The molecule has 0 bridgehead atoms. The van der Waals surface area contributed by atoms with Crippen LogP contribution in [0.15, 0.2) is 243 Å². The number of rotatable bonds is 19. The van der Waals surface area contributed by atoms with Gasteiger partial charge in [-0.3, -0.25) is 38.4 Å². The van der Waals surface area contributed by atoms with E-state index in [1.807, 2.05) is 48.5 Å². The Morgan fingerprint density at radius 1 is 0.224 bits per heavy atom. The fraction of sp³-hybridized carbons (Fsp3) is 0.152. The summed E-state index contributed by atoms with van der Waals surface area (Å²) in [7, 11) is 0. The van der Waals surface area contributed by atoms with E-state index in [9.17, 15) is 38.4 Å². The zero-order valence-electron chi connectivity index (χ0n) is 43.1. The number of hydrogen-bond donors (Lipinski definition) is 0. The van der Waals surface area contributed by atoms with Crippen molar-refractivity contribution in [1.29, 1.82) is 0 Å². The van der Waals surface area contributed by atoms with Crippen LogP contribution in [-0.4, -0.2) is 70.8 Å². The van der Waals surface area contributed by atoms with Crippen LogP contribution in [0.5, 0.6) is 0 Å². The zero-order chi connectivity index (χ0) is 54.0. The van der Waals surface area contributed by atoms with Gasteiger partial charge in [0.05, 0.1) is 25.7 Å². The Morgan fingerprint density at radius 3 is 0.408 bits per heavy atom. The third-order valence-electron chi connectivity index (χ3n) is 11.4.